The Morgan fingerprint density at radius 3 is 2.49 bits per heavy atom. The van der Waals surface area contributed by atoms with Gasteiger partial charge in [-0.3, -0.25) is 4.79 Å². The minimum Gasteiger partial charge on any atom is -0.473 e. The van der Waals surface area contributed by atoms with Crippen LogP contribution in [0.25, 0.3) is 22.2 Å². The number of alkyl halides is 3. The molecule has 45 heavy (non-hydrogen) atoms. The van der Waals surface area contributed by atoms with E-state index >= 15 is 4.39 Å². The zero-order valence-corrected chi connectivity index (χ0v) is 24.7. The maximum absolute atomic E-state index is 15.3. The Bertz CT molecular complexity index is 1910. The van der Waals surface area contributed by atoms with Gasteiger partial charge in [0, 0.05) is 48.1 Å². The molecule has 232 valence electrons. The Morgan fingerprint density at radius 2 is 1.80 bits per heavy atom. The molecule has 5 aromatic rings. The second-order valence-electron chi connectivity index (χ2n) is 11.0. The summed E-state index contributed by atoms with van der Waals surface area (Å²) in [5, 5.41) is 0.242. The highest BCUT2D eigenvalue weighted by Crippen LogP contribution is 2.36. The van der Waals surface area contributed by atoms with Gasteiger partial charge in [-0.25, -0.2) is 19.3 Å². The molecule has 0 radical (unpaired) electrons. The van der Waals surface area contributed by atoms with E-state index < -0.39 is 29.2 Å². The first kappa shape index (κ1) is 30.2. The maximum Gasteiger partial charge on any atom is 0.416 e. The Kier molecular flexibility index (Phi) is 8.00. The number of nitrogens with zero attached hydrogens (tertiary/aromatic N) is 5. The van der Waals surface area contributed by atoms with Gasteiger partial charge < -0.3 is 18.9 Å². The zero-order chi connectivity index (χ0) is 31.9. The molecular formula is C33H29F4N5O3. The van der Waals surface area contributed by atoms with E-state index in [-0.39, 0.29) is 40.8 Å². The van der Waals surface area contributed by atoms with Gasteiger partial charge in [0.25, 0.3) is 5.56 Å². The molecule has 8 nitrogen and oxygen atoms in total. The lowest BCUT2D eigenvalue weighted by Gasteiger charge is -2.37. The van der Waals surface area contributed by atoms with Crippen molar-refractivity contribution in [2.24, 2.45) is 7.05 Å². The van der Waals surface area contributed by atoms with Gasteiger partial charge in [-0.15, -0.1) is 0 Å². The van der Waals surface area contributed by atoms with Crippen molar-refractivity contribution in [3.05, 3.63) is 111 Å². The minimum absolute atomic E-state index is 0.0271. The number of anilines is 1. The molecule has 0 N–H and O–H groups in total. The van der Waals surface area contributed by atoms with Gasteiger partial charge >= 0.3 is 6.18 Å². The molecule has 0 unspecified atom stereocenters. The van der Waals surface area contributed by atoms with Crippen molar-refractivity contribution in [1.82, 2.24) is 19.5 Å². The third kappa shape index (κ3) is 6.23. The predicted octanol–water partition coefficient (Wildman–Crippen LogP) is 6.40. The van der Waals surface area contributed by atoms with E-state index in [2.05, 4.69) is 15.0 Å². The van der Waals surface area contributed by atoms with Crippen molar-refractivity contribution in [2.75, 3.05) is 18.0 Å². The fraction of sp³-hybridized carbons (Fsp3) is 0.273. The molecule has 0 bridgehead atoms. The van der Waals surface area contributed by atoms with Crippen molar-refractivity contribution < 1.29 is 27.0 Å². The van der Waals surface area contributed by atoms with E-state index in [1.54, 1.807) is 32.3 Å². The normalized spacial score (nSPS) is 17.1. The van der Waals surface area contributed by atoms with Gasteiger partial charge in [0.15, 0.2) is 0 Å². The molecule has 1 aliphatic rings. The Labute approximate surface area is 255 Å². The van der Waals surface area contributed by atoms with E-state index in [1.807, 2.05) is 48.2 Å². The number of aromatic nitrogens is 4. The first-order chi connectivity index (χ1) is 21.5. The van der Waals surface area contributed by atoms with E-state index in [4.69, 9.17) is 9.47 Å². The predicted molar refractivity (Wildman–Crippen MR) is 160 cm³/mol. The Morgan fingerprint density at radius 1 is 1.02 bits per heavy atom. The van der Waals surface area contributed by atoms with Crippen LogP contribution in [0.4, 0.5) is 23.5 Å². The molecule has 4 heterocycles. The van der Waals surface area contributed by atoms with E-state index in [0.717, 1.165) is 23.3 Å². The topological polar surface area (TPSA) is 82.4 Å². The van der Waals surface area contributed by atoms with Crippen molar-refractivity contribution >= 4 is 16.9 Å². The smallest absolute Gasteiger partial charge is 0.416 e. The van der Waals surface area contributed by atoms with Gasteiger partial charge in [0.1, 0.15) is 24.0 Å². The Hall–Kier alpha value is -4.84. The fourth-order valence-corrected chi connectivity index (χ4v) is 5.31. The second kappa shape index (κ2) is 11.9. The molecule has 2 atom stereocenters. The number of rotatable bonds is 6. The molecule has 0 spiro atoms. The van der Waals surface area contributed by atoms with E-state index in [0.29, 0.717) is 30.8 Å². The molecule has 6 rings (SSSR count). The van der Waals surface area contributed by atoms with Crippen molar-refractivity contribution in [1.29, 1.82) is 0 Å². The summed E-state index contributed by atoms with van der Waals surface area (Å²) in [4.78, 5) is 28.8. The first-order valence-electron chi connectivity index (χ1n) is 14.3. The van der Waals surface area contributed by atoms with Crippen molar-refractivity contribution in [3.63, 3.8) is 0 Å². The number of ether oxygens (including phenoxy) is 2. The fourth-order valence-electron chi connectivity index (χ4n) is 5.31. The van der Waals surface area contributed by atoms with Crippen LogP contribution in [0.3, 0.4) is 0 Å². The van der Waals surface area contributed by atoms with Gasteiger partial charge in [-0.1, -0.05) is 30.3 Å². The molecule has 1 saturated heterocycles. The van der Waals surface area contributed by atoms with Gasteiger partial charge in [0.05, 0.1) is 23.9 Å². The molecule has 1 aliphatic heterocycles. The summed E-state index contributed by atoms with van der Waals surface area (Å²) in [6.07, 6.45) is -3.78. The number of hydrogen-bond donors (Lipinski definition) is 0. The number of benzene rings is 2. The maximum atomic E-state index is 15.3. The number of hydrogen-bond acceptors (Lipinski definition) is 7. The summed E-state index contributed by atoms with van der Waals surface area (Å²) < 4.78 is 68.6. The van der Waals surface area contributed by atoms with Crippen LogP contribution in [-0.2, 0) is 24.6 Å². The van der Waals surface area contributed by atoms with E-state index in [1.165, 1.54) is 4.57 Å². The molecule has 0 amide bonds. The lowest BCUT2D eigenvalue weighted by atomic mass is 10.0. The highest BCUT2D eigenvalue weighted by molar-refractivity contribution is 5.93. The zero-order valence-electron chi connectivity index (χ0n) is 24.7. The summed E-state index contributed by atoms with van der Waals surface area (Å²) in [6.45, 7) is 4.58. The van der Waals surface area contributed by atoms with Crippen LogP contribution in [0, 0.1) is 12.7 Å². The standard InChI is InChI=1S/C33H29F4N5O3/c1-19-13-25-29(24-11-10-23(14-26(24)34)33(35,36)37)39-32(40-30(25)31(43)41(19)3)42-16-20(2)45-27(17-42)22-9-12-28(38-15-22)44-18-21-7-5-4-6-8-21/h4-15,20,27H,16-18H2,1-3H3/t20-,27-/m1/s1. The summed E-state index contributed by atoms with van der Waals surface area (Å²) >= 11 is 0. The number of pyridine rings is 2. The highest BCUT2D eigenvalue weighted by atomic mass is 19.4. The molecule has 0 aliphatic carbocycles. The number of halogens is 4. The largest absolute Gasteiger partial charge is 0.473 e. The summed E-state index contributed by atoms with van der Waals surface area (Å²) in [6, 6.07) is 17.2. The van der Waals surface area contributed by atoms with Crippen molar-refractivity contribution in [3.8, 4) is 17.1 Å². The van der Waals surface area contributed by atoms with Gasteiger partial charge in [-0.05, 0) is 49.7 Å². The third-order valence-corrected chi connectivity index (χ3v) is 7.78. The van der Waals surface area contributed by atoms with Gasteiger partial charge in [-0.2, -0.15) is 13.2 Å². The average molecular weight is 620 g/mol. The molecular weight excluding hydrogens is 590 g/mol. The second-order valence-corrected chi connectivity index (χ2v) is 11.0. The van der Waals surface area contributed by atoms with Gasteiger partial charge in [0.2, 0.25) is 11.8 Å². The number of fused-ring (bicyclic) bond motifs is 1. The van der Waals surface area contributed by atoms with Crippen LogP contribution in [0.5, 0.6) is 5.88 Å². The van der Waals surface area contributed by atoms with Crippen LogP contribution in [-0.4, -0.2) is 38.7 Å². The lowest BCUT2D eigenvalue weighted by Crippen LogP contribution is -2.44. The van der Waals surface area contributed by atoms with Crippen LogP contribution < -0.4 is 15.2 Å². The monoisotopic (exact) mass is 619 g/mol. The molecule has 0 saturated carbocycles. The third-order valence-electron chi connectivity index (χ3n) is 7.78. The number of morpholine rings is 1. The quantitative estimate of drug-likeness (QED) is 0.204. The van der Waals surface area contributed by atoms with Crippen LogP contribution in [0.2, 0.25) is 0 Å². The summed E-state index contributed by atoms with van der Waals surface area (Å²) in [7, 11) is 1.59. The Balaban J connectivity index is 1.34. The molecule has 12 heteroatoms. The molecule has 2 aromatic carbocycles. The number of aryl methyl sites for hydroxylation is 1. The van der Waals surface area contributed by atoms with Crippen LogP contribution >= 0.6 is 0 Å². The highest BCUT2D eigenvalue weighted by Gasteiger charge is 2.33. The van der Waals surface area contributed by atoms with Crippen LogP contribution in [0.15, 0.2) is 77.7 Å². The average Bonchev–Trinajstić information content (AvgIpc) is 3.02. The lowest BCUT2D eigenvalue weighted by molar-refractivity contribution is -0.137. The van der Waals surface area contributed by atoms with Crippen molar-refractivity contribution in [2.45, 2.75) is 38.8 Å². The summed E-state index contributed by atoms with van der Waals surface area (Å²) in [5.74, 6) is -0.521. The summed E-state index contributed by atoms with van der Waals surface area (Å²) in [5.41, 5.74) is 0.677. The van der Waals surface area contributed by atoms with Crippen LogP contribution in [0.1, 0.15) is 35.4 Å². The minimum atomic E-state index is -4.72. The SMILES string of the molecule is Cc1cc2c(-c3ccc(C(F)(F)F)cc3F)nc(N3C[C@@H](C)O[C@@H](c4ccc(OCc5ccccc5)nc4)C3)nc2c(=O)n1C. The molecule has 1 fully saturated rings. The van der Waals surface area contributed by atoms with E-state index in [9.17, 15) is 18.0 Å². The molecule has 3 aromatic heterocycles. The first-order valence-corrected chi connectivity index (χ1v) is 14.3.